The third-order valence-electron chi connectivity index (χ3n) is 4.69. The molecular formula is C17H27N3O2. The van der Waals surface area contributed by atoms with Crippen LogP contribution in [0.15, 0.2) is 12.1 Å². The van der Waals surface area contributed by atoms with Gasteiger partial charge in [-0.05, 0) is 77.1 Å². The lowest BCUT2D eigenvalue weighted by molar-refractivity contribution is -0.128. The molecule has 1 fully saturated rings. The Balaban J connectivity index is 2.27. The van der Waals surface area contributed by atoms with E-state index in [1.165, 1.54) is 0 Å². The zero-order valence-corrected chi connectivity index (χ0v) is 14.2. The number of methoxy groups -OCH3 is 1. The van der Waals surface area contributed by atoms with Gasteiger partial charge in [0.2, 0.25) is 5.91 Å². The normalized spacial score (nSPS) is 17.4. The van der Waals surface area contributed by atoms with Crippen molar-refractivity contribution >= 4 is 11.6 Å². The number of nitrogens with one attached hydrogen (secondary N) is 2. The predicted molar refractivity (Wildman–Crippen MR) is 89.6 cm³/mol. The van der Waals surface area contributed by atoms with Gasteiger partial charge in [0, 0.05) is 5.69 Å². The quantitative estimate of drug-likeness (QED) is 0.892. The second kappa shape index (κ2) is 6.67. The minimum absolute atomic E-state index is 0.0790. The summed E-state index contributed by atoms with van der Waals surface area (Å²) in [5.74, 6) is 0.896. The Labute approximate surface area is 133 Å². The van der Waals surface area contributed by atoms with Gasteiger partial charge in [-0.2, -0.15) is 0 Å². The molecule has 0 aromatic heterocycles. The van der Waals surface area contributed by atoms with Crippen LogP contribution in [0.2, 0.25) is 0 Å². The SMILES string of the molecule is COc1cc(C)c(NC(=O)C2(N(C)C)CCNCC2)c(C)c1. The van der Waals surface area contributed by atoms with Crippen LogP contribution in [-0.2, 0) is 4.79 Å². The molecule has 0 unspecified atom stereocenters. The first-order valence-corrected chi connectivity index (χ1v) is 7.75. The molecule has 0 bridgehead atoms. The summed E-state index contributed by atoms with van der Waals surface area (Å²) in [6.07, 6.45) is 1.64. The number of anilines is 1. The van der Waals surface area contributed by atoms with E-state index in [-0.39, 0.29) is 5.91 Å². The van der Waals surface area contributed by atoms with Crippen molar-refractivity contribution < 1.29 is 9.53 Å². The summed E-state index contributed by atoms with van der Waals surface area (Å²) in [5.41, 5.74) is 2.50. The first-order valence-electron chi connectivity index (χ1n) is 7.75. The van der Waals surface area contributed by atoms with Crippen molar-refractivity contribution in [2.45, 2.75) is 32.2 Å². The summed E-state index contributed by atoms with van der Waals surface area (Å²) in [6.45, 7) is 5.73. The number of piperidine rings is 1. The van der Waals surface area contributed by atoms with Gasteiger partial charge in [-0.1, -0.05) is 0 Å². The van der Waals surface area contributed by atoms with E-state index in [1.807, 2.05) is 40.1 Å². The standard InChI is InChI=1S/C17H27N3O2/c1-12-10-14(22-5)11-13(2)15(12)19-16(21)17(20(3)4)6-8-18-9-7-17/h10-11,18H,6-9H2,1-5H3,(H,19,21). The molecule has 5 nitrogen and oxygen atoms in total. The highest BCUT2D eigenvalue weighted by molar-refractivity contribution is 5.99. The number of aryl methyl sites for hydroxylation is 2. The average Bonchev–Trinajstić information content (AvgIpc) is 2.50. The van der Waals surface area contributed by atoms with Crippen LogP contribution in [0.4, 0.5) is 5.69 Å². The molecule has 1 aliphatic rings. The second-order valence-corrected chi connectivity index (χ2v) is 6.27. The van der Waals surface area contributed by atoms with Gasteiger partial charge in [-0.25, -0.2) is 0 Å². The smallest absolute Gasteiger partial charge is 0.244 e. The second-order valence-electron chi connectivity index (χ2n) is 6.27. The molecule has 1 amide bonds. The van der Waals surface area contributed by atoms with Gasteiger partial charge in [0.25, 0.3) is 0 Å². The highest BCUT2D eigenvalue weighted by atomic mass is 16.5. The summed E-state index contributed by atoms with van der Waals surface area (Å²) in [4.78, 5) is 15.0. The Morgan fingerprint density at radius 2 is 1.77 bits per heavy atom. The van der Waals surface area contributed by atoms with Gasteiger partial charge in [0.05, 0.1) is 7.11 Å². The van der Waals surface area contributed by atoms with Gasteiger partial charge >= 0.3 is 0 Å². The maximum absolute atomic E-state index is 13.0. The van der Waals surface area contributed by atoms with Crippen molar-refractivity contribution in [2.75, 3.05) is 39.6 Å². The number of benzene rings is 1. The summed E-state index contributed by atoms with van der Waals surface area (Å²) in [5, 5.41) is 6.49. The minimum Gasteiger partial charge on any atom is -0.497 e. The van der Waals surface area contributed by atoms with E-state index in [1.54, 1.807) is 7.11 Å². The highest BCUT2D eigenvalue weighted by Crippen LogP contribution is 2.30. The molecule has 0 spiro atoms. The minimum atomic E-state index is -0.440. The van der Waals surface area contributed by atoms with E-state index in [0.717, 1.165) is 48.5 Å². The van der Waals surface area contributed by atoms with Crippen LogP contribution in [0.5, 0.6) is 5.75 Å². The Hall–Kier alpha value is -1.59. The van der Waals surface area contributed by atoms with Crippen LogP contribution < -0.4 is 15.4 Å². The lowest BCUT2D eigenvalue weighted by atomic mass is 9.85. The number of carbonyl (C=O) groups is 1. The number of amides is 1. The van der Waals surface area contributed by atoms with Gasteiger partial charge < -0.3 is 15.4 Å². The molecule has 122 valence electrons. The molecule has 2 rings (SSSR count). The fraction of sp³-hybridized carbons (Fsp3) is 0.588. The molecular weight excluding hydrogens is 278 g/mol. The average molecular weight is 305 g/mol. The molecule has 22 heavy (non-hydrogen) atoms. The van der Waals surface area contributed by atoms with E-state index < -0.39 is 5.54 Å². The summed E-state index contributed by atoms with van der Waals surface area (Å²) >= 11 is 0. The van der Waals surface area contributed by atoms with Crippen LogP contribution >= 0.6 is 0 Å². The number of nitrogens with zero attached hydrogens (tertiary/aromatic N) is 1. The summed E-state index contributed by atoms with van der Waals surface area (Å²) < 4.78 is 5.28. The number of rotatable bonds is 4. The van der Waals surface area contributed by atoms with Crippen LogP contribution in [0, 0.1) is 13.8 Å². The molecule has 1 aromatic rings. The third-order valence-corrected chi connectivity index (χ3v) is 4.69. The van der Waals surface area contributed by atoms with Crippen LogP contribution in [0.3, 0.4) is 0 Å². The van der Waals surface area contributed by atoms with E-state index in [4.69, 9.17) is 4.74 Å². The topological polar surface area (TPSA) is 53.6 Å². The van der Waals surface area contributed by atoms with Crippen LogP contribution in [0.25, 0.3) is 0 Å². The maximum atomic E-state index is 13.0. The Bertz CT molecular complexity index is 526. The van der Waals surface area contributed by atoms with E-state index in [9.17, 15) is 4.79 Å². The first-order chi connectivity index (χ1) is 10.4. The third kappa shape index (κ3) is 3.10. The van der Waals surface area contributed by atoms with Crippen LogP contribution in [-0.4, -0.2) is 50.6 Å². The molecule has 0 saturated carbocycles. The van der Waals surface area contributed by atoms with Gasteiger partial charge in [0.1, 0.15) is 11.3 Å². The van der Waals surface area contributed by atoms with Crippen LogP contribution in [0.1, 0.15) is 24.0 Å². The Morgan fingerprint density at radius 1 is 1.23 bits per heavy atom. The largest absolute Gasteiger partial charge is 0.497 e. The Morgan fingerprint density at radius 3 is 2.23 bits per heavy atom. The number of hydrogen-bond donors (Lipinski definition) is 2. The molecule has 0 aliphatic carbocycles. The fourth-order valence-electron chi connectivity index (χ4n) is 3.19. The van der Waals surface area contributed by atoms with E-state index in [2.05, 4.69) is 15.5 Å². The predicted octanol–water partition coefficient (Wildman–Crippen LogP) is 1.93. The zero-order valence-electron chi connectivity index (χ0n) is 14.2. The molecule has 2 N–H and O–H groups in total. The van der Waals surface area contributed by atoms with Gasteiger partial charge in [-0.15, -0.1) is 0 Å². The van der Waals surface area contributed by atoms with Crippen molar-refractivity contribution in [3.63, 3.8) is 0 Å². The molecule has 1 aromatic carbocycles. The molecule has 0 radical (unpaired) electrons. The molecule has 1 aliphatic heterocycles. The van der Waals surface area contributed by atoms with E-state index >= 15 is 0 Å². The fourth-order valence-corrected chi connectivity index (χ4v) is 3.19. The summed E-state index contributed by atoms with van der Waals surface area (Å²) in [6, 6.07) is 3.90. The molecule has 1 saturated heterocycles. The van der Waals surface area contributed by atoms with Crippen molar-refractivity contribution in [1.82, 2.24) is 10.2 Å². The van der Waals surface area contributed by atoms with Crippen molar-refractivity contribution in [3.05, 3.63) is 23.3 Å². The lowest BCUT2D eigenvalue weighted by Crippen LogP contribution is -2.59. The molecule has 0 atom stereocenters. The Kier molecular flexibility index (Phi) is 5.08. The van der Waals surface area contributed by atoms with Crippen molar-refractivity contribution in [1.29, 1.82) is 0 Å². The number of hydrogen-bond acceptors (Lipinski definition) is 4. The maximum Gasteiger partial charge on any atom is 0.244 e. The zero-order chi connectivity index (χ0) is 16.3. The number of carbonyl (C=O) groups excluding carboxylic acids is 1. The monoisotopic (exact) mass is 305 g/mol. The van der Waals surface area contributed by atoms with Gasteiger partial charge in [0.15, 0.2) is 0 Å². The van der Waals surface area contributed by atoms with E-state index in [0.29, 0.717) is 0 Å². The highest BCUT2D eigenvalue weighted by Gasteiger charge is 2.41. The molecule has 5 heteroatoms. The summed E-state index contributed by atoms with van der Waals surface area (Å²) in [7, 11) is 5.62. The van der Waals surface area contributed by atoms with Crippen molar-refractivity contribution in [3.8, 4) is 5.75 Å². The first kappa shape index (κ1) is 16.8. The molecule has 1 heterocycles. The number of ether oxygens (including phenoxy) is 1. The number of likely N-dealkylation sites (N-methyl/N-ethyl adjacent to an activating group) is 1. The van der Waals surface area contributed by atoms with Gasteiger partial charge in [-0.3, -0.25) is 9.69 Å². The lowest BCUT2D eigenvalue weighted by Gasteiger charge is -2.41. The van der Waals surface area contributed by atoms with Crippen molar-refractivity contribution in [2.24, 2.45) is 0 Å².